The molecular formula is C13H19N5O2S. The molecular weight excluding hydrogens is 290 g/mol. The minimum Gasteiger partial charge on any atom is -0.300 e. The summed E-state index contributed by atoms with van der Waals surface area (Å²) >= 11 is 0. The maximum absolute atomic E-state index is 11.8. The first-order valence-corrected chi connectivity index (χ1v) is 8.84. The van der Waals surface area contributed by atoms with Crippen molar-refractivity contribution in [3.8, 4) is 6.07 Å². The van der Waals surface area contributed by atoms with Crippen LogP contribution >= 0.6 is 0 Å². The zero-order chi connectivity index (χ0) is 14.9. The maximum Gasteiger partial charge on any atom is 0.214 e. The highest BCUT2D eigenvalue weighted by atomic mass is 32.2. The molecule has 3 rings (SSSR count). The summed E-state index contributed by atoms with van der Waals surface area (Å²) in [7, 11) is -2.99. The summed E-state index contributed by atoms with van der Waals surface area (Å²) in [6, 6.07) is 2.36. The number of nitriles is 1. The van der Waals surface area contributed by atoms with Crippen molar-refractivity contribution in [1.82, 2.24) is 19.0 Å². The molecule has 114 valence electrons. The Labute approximate surface area is 124 Å². The molecule has 2 aliphatic rings. The maximum atomic E-state index is 11.8. The lowest BCUT2D eigenvalue weighted by atomic mass is 10.3. The van der Waals surface area contributed by atoms with Crippen molar-refractivity contribution in [2.24, 2.45) is 0 Å². The third-order valence-electron chi connectivity index (χ3n) is 4.22. The smallest absolute Gasteiger partial charge is 0.214 e. The van der Waals surface area contributed by atoms with Gasteiger partial charge in [0.25, 0.3) is 0 Å². The van der Waals surface area contributed by atoms with E-state index < -0.39 is 10.0 Å². The van der Waals surface area contributed by atoms with Gasteiger partial charge >= 0.3 is 0 Å². The first-order chi connectivity index (χ1) is 10.1. The van der Waals surface area contributed by atoms with Crippen LogP contribution in [0.1, 0.15) is 24.4 Å². The van der Waals surface area contributed by atoms with E-state index in [9.17, 15) is 8.42 Å². The van der Waals surface area contributed by atoms with Crippen molar-refractivity contribution in [1.29, 1.82) is 5.26 Å². The Kier molecular flexibility index (Phi) is 3.97. The van der Waals surface area contributed by atoms with Crippen LogP contribution in [0.3, 0.4) is 0 Å². The van der Waals surface area contributed by atoms with Crippen molar-refractivity contribution in [3.05, 3.63) is 18.0 Å². The molecule has 21 heavy (non-hydrogen) atoms. The zero-order valence-electron chi connectivity index (χ0n) is 11.8. The highest BCUT2D eigenvalue weighted by Gasteiger charge is 2.30. The van der Waals surface area contributed by atoms with Gasteiger partial charge in [0.15, 0.2) is 0 Å². The SMILES string of the molecule is N#Cc1cnn(C2CCN(CCN3CCCS3(=O)=O)C2)c1. The van der Waals surface area contributed by atoms with E-state index in [0.29, 0.717) is 24.4 Å². The second-order valence-electron chi connectivity index (χ2n) is 5.63. The van der Waals surface area contributed by atoms with Crippen molar-refractivity contribution >= 4 is 10.0 Å². The van der Waals surface area contributed by atoms with Gasteiger partial charge in [-0.25, -0.2) is 12.7 Å². The molecule has 0 amide bonds. The molecule has 1 aromatic heterocycles. The lowest BCUT2D eigenvalue weighted by molar-refractivity contribution is 0.289. The van der Waals surface area contributed by atoms with Crippen molar-refractivity contribution < 1.29 is 8.42 Å². The van der Waals surface area contributed by atoms with Gasteiger partial charge in [0.2, 0.25) is 10.0 Å². The van der Waals surface area contributed by atoms with E-state index in [0.717, 1.165) is 32.5 Å². The number of nitrogens with zero attached hydrogens (tertiary/aromatic N) is 5. The van der Waals surface area contributed by atoms with Crippen molar-refractivity contribution in [3.63, 3.8) is 0 Å². The summed E-state index contributed by atoms with van der Waals surface area (Å²) in [4.78, 5) is 2.27. The molecule has 2 fully saturated rings. The fraction of sp³-hybridized carbons (Fsp3) is 0.692. The third-order valence-corrected chi connectivity index (χ3v) is 6.18. The second-order valence-corrected chi connectivity index (χ2v) is 7.72. The monoisotopic (exact) mass is 309 g/mol. The Morgan fingerprint density at radius 2 is 2.24 bits per heavy atom. The average Bonchev–Trinajstić information content (AvgIpc) is 3.15. The first-order valence-electron chi connectivity index (χ1n) is 7.23. The van der Waals surface area contributed by atoms with E-state index in [1.165, 1.54) is 0 Å². The minimum absolute atomic E-state index is 0.280. The fourth-order valence-electron chi connectivity index (χ4n) is 3.02. The van der Waals surface area contributed by atoms with Gasteiger partial charge < -0.3 is 0 Å². The zero-order valence-corrected chi connectivity index (χ0v) is 12.7. The van der Waals surface area contributed by atoms with E-state index in [1.807, 2.05) is 4.68 Å². The quantitative estimate of drug-likeness (QED) is 0.784. The summed E-state index contributed by atoms with van der Waals surface area (Å²) in [5, 5.41) is 13.0. The van der Waals surface area contributed by atoms with E-state index in [-0.39, 0.29) is 6.04 Å². The van der Waals surface area contributed by atoms with Gasteiger partial charge in [-0.1, -0.05) is 0 Å². The first kappa shape index (κ1) is 14.5. The van der Waals surface area contributed by atoms with Crippen LogP contribution < -0.4 is 0 Å². The van der Waals surface area contributed by atoms with Gasteiger partial charge in [-0.05, 0) is 12.8 Å². The lowest BCUT2D eigenvalue weighted by Gasteiger charge is -2.20. The predicted molar refractivity (Wildman–Crippen MR) is 77.0 cm³/mol. The van der Waals surface area contributed by atoms with Gasteiger partial charge in [-0.15, -0.1) is 0 Å². The Morgan fingerprint density at radius 1 is 1.38 bits per heavy atom. The molecule has 2 saturated heterocycles. The molecule has 0 saturated carbocycles. The van der Waals surface area contributed by atoms with Crippen LogP contribution in [0, 0.1) is 11.3 Å². The van der Waals surface area contributed by atoms with Crippen molar-refractivity contribution in [2.45, 2.75) is 18.9 Å². The largest absolute Gasteiger partial charge is 0.300 e. The standard InChI is InChI=1S/C13H19N5O2S/c14-8-12-9-15-18(10-12)13-2-4-16(11-13)5-6-17-3-1-7-21(17,19)20/h9-10,13H,1-7,11H2. The molecule has 0 aromatic carbocycles. The third kappa shape index (κ3) is 3.10. The fourth-order valence-corrected chi connectivity index (χ4v) is 4.54. The number of aromatic nitrogens is 2. The van der Waals surface area contributed by atoms with Gasteiger partial charge in [-0.2, -0.15) is 10.4 Å². The Bertz CT molecular complexity index is 648. The normalized spacial score (nSPS) is 26.1. The molecule has 3 heterocycles. The molecule has 7 nitrogen and oxygen atoms in total. The Balaban J connectivity index is 1.52. The van der Waals surface area contributed by atoms with Crippen LogP contribution in [-0.4, -0.2) is 65.9 Å². The van der Waals surface area contributed by atoms with Crippen LogP contribution in [-0.2, 0) is 10.0 Å². The predicted octanol–water partition coefficient (Wildman–Crippen LogP) is 0.0371. The molecule has 0 bridgehead atoms. The summed E-state index contributed by atoms with van der Waals surface area (Å²) < 4.78 is 27.0. The lowest BCUT2D eigenvalue weighted by Crippen LogP contribution is -2.35. The number of hydrogen-bond acceptors (Lipinski definition) is 5. The van der Waals surface area contributed by atoms with E-state index in [1.54, 1.807) is 16.7 Å². The molecule has 2 aliphatic heterocycles. The summed E-state index contributed by atoms with van der Waals surface area (Å²) in [5.74, 6) is 0.292. The molecule has 0 aliphatic carbocycles. The van der Waals surface area contributed by atoms with Crippen LogP contribution in [0.25, 0.3) is 0 Å². The highest BCUT2D eigenvalue weighted by Crippen LogP contribution is 2.21. The molecule has 1 unspecified atom stereocenters. The van der Waals surface area contributed by atoms with Crippen molar-refractivity contribution in [2.75, 3.05) is 38.5 Å². The molecule has 0 spiro atoms. The average molecular weight is 309 g/mol. The number of hydrogen-bond donors (Lipinski definition) is 0. The van der Waals surface area contributed by atoms with Crippen LogP contribution in [0.5, 0.6) is 0 Å². The molecule has 1 aromatic rings. The Hall–Kier alpha value is -1.43. The number of likely N-dealkylation sites (tertiary alicyclic amines) is 1. The van der Waals surface area contributed by atoms with Crippen LogP contribution in [0.2, 0.25) is 0 Å². The van der Waals surface area contributed by atoms with E-state index >= 15 is 0 Å². The molecule has 0 radical (unpaired) electrons. The molecule has 1 atom stereocenters. The Morgan fingerprint density at radius 3 is 2.90 bits per heavy atom. The highest BCUT2D eigenvalue weighted by molar-refractivity contribution is 7.89. The molecule has 8 heteroatoms. The molecule has 0 N–H and O–H groups in total. The number of sulfonamides is 1. The van der Waals surface area contributed by atoms with Crippen LogP contribution in [0.15, 0.2) is 12.4 Å². The summed E-state index contributed by atoms with van der Waals surface area (Å²) in [6.45, 7) is 3.81. The van der Waals surface area contributed by atoms with Gasteiger partial charge in [0.05, 0.1) is 23.6 Å². The summed E-state index contributed by atoms with van der Waals surface area (Å²) in [6.07, 6.45) is 5.09. The van der Waals surface area contributed by atoms with E-state index in [4.69, 9.17) is 5.26 Å². The minimum atomic E-state index is -2.99. The van der Waals surface area contributed by atoms with Gasteiger partial charge in [0, 0.05) is 38.9 Å². The second kappa shape index (κ2) is 5.75. The van der Waals surface area contributed by atoms with E-state index in [2.05, 4.69) is 16.1 Å². The van der Waals surface area contributed by atoms with Crippen LogP contribution in [0.4, 0.5) is 0 Å². The number of rotatable bonds is 4. The van der Waals surface area contributed by atoms with Gasteiger partial charge in [-0.3, -0.25) is 9.58 Å². The van der Waals surface area contributed by atoms with Gasteiger partial charge in [0.1, 0.15) is 6.07 Å². The summed E-state index contributed by atoms with van der Waals surface area (Å²) in [5.41, 5.74) is 0.580. The topological polar surface area (TPSA) is 82.2 Å².